The zero-order valence-corrected chi connectivity index (χ0v) is 14.3. The van der Waals surface area contributed by atoms with E-state index in [1.807, 2.05) is 18.2 Å². The van der Waals surface area contributed by atoms with Gasteiger partial charge in [0.1, 0.15) is 0 Å². The number of hydrogen-bond acceptors (Lipinski definition) is 2. The number of hydrogen-bond donors (Lipinski definition) is 2. The lowest BCUT2D eigenvalue weighted by Crippen LogP contribution is -2.39. The molecule has 0 radical (unpaired) electrons. The Balaban J connectivity index is 0.00000200. The lowest BCUT2D eigenvalue weighted by atomic mass is 10.2. The highest BCUT2D eigenvalue weighted by molar-refractivity contribution is 14.0. The summed E-state index contributed by atoms with van der Waals surface area (Å²) in [5, 5.41) is 6.58. The van der Waals surface area contributed by atoms with Gasteiger partial charge in [-0.05, 0) is 24.3 Å². The molecule has 1 aromatic rings. The van der Waals surface area contributed by atoms with Crippen LogP contribution in [0.15, 0.2) is 35.3 Å². The highest BCUT2D eigenvalue weighted by Gasteiger charge is 2.20. The molecule has 112 valence electrons. The molecule has 20 heavy (non-hydrogen) atoms. The highest BCUT2D eigenvalue weighted by Crippen LogP contribution is 2.27. The molecule has 5 heteroatoms. The molecule has 0 spiro atoms. The Hall–Kier alpha value is -0.820. The first-order chi connectivity index (χ1) is 9.38. The smallest absolute Gasteiger partial charge is 0.191 e. The van der Waals surface area contributed by atoms with Crippen LogP contribution >= 0.6 is 24.0 Å². The molecule has 0 saturated heterocycles. The summed E-state index contributed by atoms with van der Waals surface area (Å²) in [5.41, 5.74) is 1.21. The summed E-state index contributed by atoms with van der Waals surface area (Å²) in [6.07, 6.45) is 2.70. The zero-order valence-electron chi connectivity index (χ0n) is 12.0. The molecule has 1 aromatic carbocycles. The Bertz CT molecular complexity index is 393. The molecule has 0 unspecified atom stereocenters. The fraction of sp³-hybridized carbons (Fsp3) is 0.533. The number of halogens is 1. The van der Waals surface area contributed by atoms with Crippen LogP contribution in [0.3, 0.4) is 0 Å². The predicted octanol–water partition coefficient (Wildman–Crippen LogP) is 2.40. The van der Waals surface area contributed by atoms with Crippen molar-refractivity contribution in [2.45, 2.75) is 19.4 Å². The third-order valence-corrected chi connectivity index (χ3v) is 3.13. The van der Waals surface area contributed by atoms with Crippen LogP contribution in [0.25, 0.3) is 0 Å². The van der Waals surface area contributed by atoms with Gasteiger partial charge in [-0.2, -0.15) is 0 Å². The topological polar surface area (TPSA) is 45.7 Å². The van der Waals surface area contributed by atoms with Gasteiger partial charge in [-0.1, -0.05) is 30.3 Å². The van der Waals surface area contributed by atoms with Gasteiger partial charge in [-0.3, -0.25) is 4.99 Å². The van der Waals surface area contributed by atoms with E-state index in [1.165, 1.54) is 18.4 Å². The second kappa shape index (κ2) is 9.99. The van der Waals surface area contributed by atoms with E-state index < -0.39 is 0 Å². The third-order valence-electron chi connectivity index (χ3n) is 3.13. The zero-order chi connectivity index (χ0) is 13.3. The van der Waals surface area contributed by atoms with Crippen molar-refractivity contribution in [3.63, 3.8) is 0 Å². The predicted molar refractivity (Wildman–Crippen MR) is 93.6 cm³/mol. The van der Waals surface area contributed by atoms with Crippen LogP contribution in [0, 0.1) is 5.92 Å². The SMILES string of the molecule is CN=C(NCCOCc1ccccc1)NCC1CC1.I. The molecule has 2 rings (SSSR count). The molecular weight excluding hydrogens is 365 g/mol. The first-order valence-electron chi connectivity index (χ1n) is 6.94. The third kappa shape index (κ3) is 7.09. The Morgan fingerprint density at radius 3 is 2.65 bits per heavy atom. The highest BCUT2D eigenvalue weighted by atomic mass is 127. The van der Waals surface area contributed by atoms with Gasteiger partial charge in [-0.25, -0.2) is 0 Å². The average Bonchev–Trinajstić information content (AvgIpc) is 3.27. The Morgan fingerprint density at radius 2 is 2.00 bits per heavy atom. The molecule has 1 saturated carbocycles. The number of nitrogens with zero attached hydrogens (tertiary/aromatic N) is 1. The molecule has 0 amide bonds. The van der Waals surface area contributed by atoms with E-state index >= 15 is 0 Å². The van der Waals surface area contributed by atoms with Crippen LogP contribution < -0.4 is 10.6 Å². The maximum atomic E-state index is 5.61. The molecule has 4 nitrogen and oxygen atoms in total. The van der Waals surface area contributed by atoms with Crippen LogP contribution in [-0.2, 0) is 11.3 Å². The lowest BCUT2D eigenvalue weighted by Gasteiger charge is -2.11. The largest absolute Gasteiger partial charge is 0.375 e. The van der Waals surface area contributed by atoms with Gasteiger partial charge in [0.15, 0.2) is 5.96 Å². The van der Waals surface area contributed by atoms with Crippen molar-refractivity contribution in [3.8, 4) is 0 Å². The molecule has 1 aliphatic rings. The first kappa shape index (κ1) is 17.2. The first-order valence-corrected chi connectivity index (χ1v) is 6.94. The molecule has 0 atom stereocenters. The quantitative estimate of drug-likeness (QED) is 0.326. The Labute approximate surface area is 138 Å². The van der Waals surface area contributed by atoms with Gasteiger partial charge >= 0.3 is 0 Å². The molecule has 2 N–H and O–H groups in total. The van der Waals surface area contributed by atoms with Crippen LogP contribution in [0.2, 0.25) is 0 Å². The number of nitrogens with one attached hydrogen (secondary N) is 2. The van der Waals surface area contributed by atoms with Crippen molar-refractivity contribution >= 4 is 29.9 Å². The maximum absolute atomic E-state index is 5.61. The monoisotopic (exact) mass is 389 g/mol. The van der Waals surface area contributed by atoms with Crippen LogP contribution in [0.5, 0.6) is 0 Å². The number of guanidine groups is 1. The summed E-state index contributed by atoms with van der Waals surface area (Å²) >= 11 is 0. The van der Waals surface area contributed by atoms with E-state index in [2.05, 4.69) is 27.8 Å². The number of ether oxygens (including phenoxy) is 1. The minimum absolute atomic E-state index is 0. The van der Waals surface area contributed by atoms with Crippen LogP contribution in [-0.4, -0.2) is 32.7 Å². The Morgan fingerprint density at radius 1 is 1.25 bits per heavy atom. The molecule has 0 heterocycles. The fourth-order valence-electron chi connectivity index (χ4n) is 1.79. The second-order valence-corrected chi connectivity index (χ2v) is 4.86. The molecule has 0 aliphatic heterocycles. The average molecular weight is 389 g/mol. The van der Waals surface area contributed by atoms with Crippen molar-refractivity contribution in [2.75, 3.05) is 26.7 Å². The van der Waals surface area contributed by atoms with E-state index in [1.54, 1.807) is 7.05 Å². The Kier molecular flexibility index (Phi) is 8.60. The van der Waals surface area contributed by atoms with Gasteiger partial charge in [0.05, 0.1) is 13.2 Å². The number of benzene rings is 1. The van der Waals surface area contributed by atoms with Gasteiger partial charge in [-0.15, -0.1) is 24.0 Å². The standard InChI is InChI=1S/C15H23N3O.HI/c1-16-15(18-11-13-7-8-13)17-9-10-19-12-14-5-3-2-4-6-14;/h2-6,13H,7-12H2,1H3,(H2,16,17,18);1H. The van der Waals surface area contributed by atoms with Crippen LogP contribution in [0.4, 0.5) is 0 Å². The van der Waals surface area contributed by atoms with Crippen molar-refractivity contribution in [3.05, 3.63) is 35.9 Å². The van der Waals surface area contributed by atoms with Crippen molar-refractivity contribution in [1.82, 2.24) is 10.6 Å². The summed E-state index contributed by atoms with van der Waals surface area (Å²) < 4.78 is 5.61. The minimum Gasteiger partial charge on any atom is -0.375 e. The summed E-state index contributed by atoms with van der Waals surface area (Å²) in [7, 11) is 1.80. The fourth-order valence-corrected chi connectivity index (χ4v) is 1.79. The molecule has 0 bridgehead atoms. The van der Waals surface area contributed by atoms with Crippen molar-refractivity contribution < 1.29 is 4.74 Å². The maximum Gasteiger partial charge on any atom is 0.191 e. The summed E-state index contributed by atoms with van der Waals surface area (Å²) in [4.78, 5) is 4.18. The van der Waals surface area contributed by atoms with E-state index in [9.17, 15) is 0 Å². The van der Waals surface area contributed by atoms with Crippen LogP contribution in [0.1, 0.15) is 18.4 Å². The lowest BCUT2D eigenvalue weighted by molar-refractivity contribution is 0.125. The van der Waals surface area contributed by atoms with Gasteiger partial charge < -0.3 is 15.4 Å². The van der Waals surface area contributed by atoms with E-state index in [0.29, 0.717) is 13.2 Å². The van der Waals surface area contributed by atoms with Crippen molar-refractivity contribution in [2.24, 2.45) is 10.9 Å². The molecular formula is C15H24IN3O. The normalized spacial score (nSPS) is 14.6. The second-order valence-electron chi connectivity index (χ2n) is 4.86. The van der Waals surface area contributed by atoms with Gasteiger partial charge in [0.2, 0.25) is 0 Å². The van der Waals surface area contributed by atoms with E-state index in [4.69, 9.17) is 4.74 Å². The van der Waals surface area contributed by atoms with Gasteiger partial charge in [0, 0.05) is 20.1 Å². The summed E-state index contributed by atoms with van der Waals surface area (Å²) in [6, 6.07) is 10.2. The minimum atomic E-state index is 0. The van der Waals surface area contributed by atoms with Gasteiger partial charge in [0.25, 0.3) is 0 Å². The summed E-state index contributed by atoms with van der Waals surface area (Å²) in [6.45, 7) is 3.15. The molecule has 1 fully saturated rings. The summed E-state index contributed by atoms with van der Waals surface area (Å²) in [5.74, 6) is 1.73. The number of aliphatic imine (C=N–C) groups is 1. The van der Waals surface area contributed by atoms with Crippen molar-refractivity contribution in [1.29, 1.82) is 0 Å². The van der Waals surface area contributed by atoms with E-state index in [-0.39, 0.29) is 24.0 Å². The number of rotatable bonds is 7. The molecule has 0 aromatic heterocycles. The molecule has 1 aliphatic carbocycles. The van der Waals surface area contributed by atoms with E-state index in [0.717, 1.165) is 25.0 Å².